The van der Waals surface area contributed by atoms with Crippen LogP contribution in [0.25, 0.3) is 0 Å². The first kappa shape index (κ1) is 21.4. The number of nitrogens with two attached hydrogens (primary N) is 1. The Labute approximate surface area is 151 Å². The van der Waals surface area contributed by atoms with E-state index >= 15 is 0 Å². The maximum atomic E-state index is 12.7. The molecule has 2 N–H and O–H groups in total. The van der Waals surface area contributed by atoms with Gasteiger partial charge in [-0.05, 0) is 41.3 Å². The van der Waals surface area contributed by atoms with Crippen LogP contribution in [-0.4, -0.2) is 36.6 Å². The molecule has 1 aromatic carbocycles. The molecular weight excluding hydrogens is 361 g/mol. The zero-order valence-corrected chi connectivity index (χ0v) is 15.7. The second kappa shape index (κ2) is 8.17. The van der Waals surface area contributed by atoms with Crippen LogP contribution < -0.4 is 10.5 Å². The van der Waals surface area contributed by atoms with E-state index in [1.165, 1.54) is 7.11 Å². The van der Waals surface area contributed by atoms with Crippen molar-refractivity contribution in [3.05, 3.63) is 23.8 Å². The highest BCUT2D eigenvalue weighted by Gasteiger charge is 2.34. The Bertz CT molecular complexity index is 555. The Morgan fingerprint density at radius 3 is 2.58 bits per heavy atom. The first-order valence-electron chi connectivity index (χ1n) is 7.51. The summed E-state index contributed by atoms with van der Waals surface area (Å²) in [5.41, 5.74) is 2.66. The zero-order valence-electron chi connectivity index (χ0n) is 14.0. The molecule has 0 spiro atoms. The summed E-state index contributed by atoms with van der Waals surface area (Å²) in [5, 5.41) is 0. The van der Waals surface area contributed by atoms with E-state index in [2.05, 4.69) is 18.7 Å². The minimum Gasteiger partial charge on any atom is -0.496 e. The largest absolute Gasteiger partial charge is 0.496 e. The van der Waals surface area contributed by atoms with E-state index < -0.39 is 5.51 Å². The van der Waals surface area contributed by atoms with Gasteiger partial charge in [0, 0.05) is 25.7 Å². The molecule has 138 valence electrons. The smallest absolute Gasteiger partial charge is 0.446 e. The molecule has 0 saturated carbocycles. The van der Waals surface area contributed by atoms with Gasteiger partial charge in [-0.2, -0.15) is 13.2 Å². The van der Waals surface area contributed by atoms with Crippen LogP contribution in [0, 0.1) is 5.41 Å². The molecular formula is C16H24ClF3N2OS. The fourth-order valence-electron chi connectivity index (χ4n) is 2.90. The monoisotopic (exact) mass is 384 g/mol. The Hall–Kier alpha value is -0.630. The summed E-state index contributed by atoms with van der Waals surface area (Å²) in [5.74, 6) is 0.247. The number of halogens is 4. The number of benzene rings is 1. The molecule has 1 fully saturated rings. The number of methoxy groups -OCH3 is 1. The minimum absolute atomic E-state index is 0. The van der Waals surface area contributed by atoms with Crippen molar-refractivity contribution in [2.24, 2.45) is 11.1 Å². The zero-order chi connectivity index (χ0) is 17.3. The van der Waals surface area contributed by atoms with Crippen molar-refractivity contribution in [1.82, 2.24) is 4.90 Å². The molecule has 1 aliphatic heterocycles. The molecule has 1 aromatic rings. The van der Waals surface area contributed by atoms with Crippen LogP contribution in [0.1, 0.15) is 25.8 Å². The van der Waals surface area contributed by atoms with Gasteiger partial charge in [0.15, 0.2) is 0 Å². The van der Waals surface area contributed by atoms with E-state index in [0.717, 1.165) is 25.1 Å². The van der Waals surface area contributed by atoms with Gasteiger partial charge in [-0.25, -0.2) is 0 Å². The van der Waals surface area contributed by atoms with E-state index in [9.17, 15) is 13.2 Å². The van der Waals surface area contributed by atoms with E-state index in [1.54, 1.807) is 12.1 Å². The second-order valence-corrected chi connectivity index (χ2v) is 7.73. The molecule has 0 bridgehead atoms. The summed E-state index contributed by atoms with van der Waals surface area (Å²) in [6, 6.07) is 5.15. The molecule has 0 aromatic heterocycles. The van der Waals surface area contributed by atoms with Gasteiger partial charge in [0.05, 0.1) is 12.0 Å². The molecule has 8 heteroatoms. The maximum absolute atomic E-state index is 12.7. The highest BCUT2D eigenvalue weighted by Crippen LogP contribution is 2.42. The summed E-state index contributed by atoms with van der Waals surface area (Å²) in [4.78, 5) is 2.35. The molecule has 1 unspecified atom stereocenters. The average molecular weight is 385 g/mol. The highest BCUT2D eigenvalue weighted by molar-refractivity contribution is 8.00. The second-order valence-electron chi connectivity index (χ2n) is 6.63. The Balaban J connectivity index is 0.00000288. The fourth-order valence-corrected chi connectivity index (χ4v) is 3.61. The lowest BCUT2D eigenvalue weighted by molar-refractivity contribution is -0.0328. The number of likely N-dealkylation sites (tertiary alicyclic amines) is 1. The first-order valence-corrected chi connectivity index (χ1v) is 8.33. The number of alkyl halides is 3. The number of hydrogen-bond donors (Lipinski definition) is 1. The van der Waals surface area contributed by atoms with E-state index in [0.29, 0.717) is 6.54 Å². The van der Waals surface area contributed by atoms with Crippen LogP contribution in [0.2, 0.25) is 0 Å². The summed E-state index contributed by atoms with van der Waals surface area (Å²) in [6.45, 7) is 6.57. The molecule has 0 radical (unpaired) electrons. The minimum atomic E-state index is -4.33. The number of nitrogens with zero attached hydrogens (tertiary/aromatic N) is 1. The molecule has 0 aliphatic carbocycles. The van der Waals surface area contributed by atoms with E-state index in [-0.39, 0.29) is 46.3 Å². The third kappa shape index (κ3) is 5.72. The lowest BCUT2D eigenvalue weighted by atomic mass is 9.79. The van der Waals surface area contributed by atoms with Gasteiger partial charge in [0.25, 0.3) is 0 Å². The van der Waals surface area contributed by atoms with Gasteiger partial charge in [0.2, 0.25) is 0 Å². The molecule has 1 heterocycles. The summed E-state index contributed by atoms with van der Waals surface area (Å²) >= 11 is -0.135. The fraction of sp³-hybridized carbons (Fsp3) is 0.625. The average Bonchev–Trinajstić information content (AvgIpc) is 2.41. The lowest BCUT2D eigenvalue weighted by Gasteiger charge is -2.42. The van der Waals surface area contributed by atoms with Crippen molar-refractivity contribution in [3.63, 3.8) is 0 Å². The number of ether oxygens (including phenoxy) is 1. The summed E-state index contributed by atoms with van der Waals surface area (Å²) < 4.78 is 43.1. The molecule has 0 amide bonds. The van der Waals surface area contributed by atoms with Gasteiger partial charge in [0.1, 0.15) is 5.75 Å². The van der Waals surface area contributed by atoms with Crippen LogP contribution in [-0.2, 0) is 6.54 Å². The third-order valence-corrected chi connectivity index (χ3v) is 5.02. The normalized spacial score (nSPS) is 21.2. The van der Waals surface area contributed by atoms with Gasteiger partial charge in [-0.1, -0.05) is 19.9 Å². The van der Waals surface area contributed by atoms with Gasteiger partial charge >= 0.3 is 5.51 Å². The molecule has 3 nitrogen and oxygen atoms in total. The maximum Gasteiger partial charge on any atom is 0.446 e. The van der Waals surface area contributed by atoms with Crippen molar-refractivity contribution in [3.8, 4) is 5.75 Å². The Kier molecular flexibility index (Phi) is 7.29. The summed E-state index contributed by atoms with van der Waals surface area (Å²) in [7, 11) is 1.38. The van der Waals surface area contributed by atoms with E-state index in [1.807, 2.05) is 6.07 Å². The van der Waals surface area contributed by atoms with Gasteiger partial charge in [-0.15, -0.1) is 12.4 Å². The molecule has 1 saturated heterocycles. The topological polar surface area (TPSA) is 38.5 Å². The van der Waals surface area contributed by atoms with Gasteiger partial charge in [-0.3, -0.25) is 4.90 Å². The van der Waals surface area contributed by atoms with Crippen molar-refractivity contribution in [2.75, 3.05) is 20.2 Å². The van der Waals surface area contributed by atoms with Crippen LogP contribution in [0.4, 0.5) is 13.2 Å². The summed E-state index contributed by atoms with van der Waals surface area (Å²) in [6.07, 6.45) is 0.896. The molecule has 1 aliphatic rings. The first-order chi connectivity index (χ1) is 10.6. The van der Waals surface area contributed by atoms with Crippen LogP contribution in [0.15, 0.2) is 23.1 Å². The van der Waals surface area contributed by atoms with E-state index in [4.69, 9.17) is 10.5 Å². The predicted octanol–water partition coefficient (Wildman–Crippen LogP) is 4.29. The molecule has 1 atom stereocenters. The number of hydrogen-bond acceptors (Lipinski definition) is 4. The van der Waals surface area contributed by atoms with Crippen molar-refractivity contribution in [1.29, 1.82) is 0 Å². The van der Waals surface area contributed by atoms with Crippen molar-refractivity contribution >= 4 is 24.2 Å². The van der Waals surface area contributed by atoms with Crippen molar-refractivity contribution in [2.45, 2.75) is 43.3 Å². The van der Waals surface area contributed by atoms with Crippen LogP contribution in [0.5, 0.6) is 5.75 Å². The molecule has 2 rings (SSSR count). The number of piperidine rings is 1. The van der Waals surface area contributed by atoms with Crippen LogP contribution in [0.3, 0.4) is 0 Å². The van der Waals surface area contributed by atoms with Crippen LogP contribution >= 0.6 is 24.2 Å². The molecule has 24 heavy (non-hydrogen) atoms. The van der Waals surface area contributed by atoms with Gasteiger partial charge < -0.3 is 10.5 Å². The van der Waals surface area contributed by atoms with Crippen molar-refractivity contribution < 1.29 is 17.9 Å². The third-order valence-electron chi connectivity index (χ3n) is 4.25. The Morgan fingerprint density at radius 2 is 2.04 bits per heavy atom. The standard InChI is InChI=1S/C16H23F3N2OS.ClH/c1-15(2)10-21(7-6-14(15)20)9-11-4-5-12(22-3)13(8-11)23-16(17,18)19;/h4-5,8,14H,6-7,9-10,20H2,1-3H3;1H. The lowest BCUT2D eigenvalue weighted by Crippen LogP contribution is -2.52. The SMILES string of the molecule is COc1ccc(CN2CCC(N)C(C)(C)C2)cc1SC(F)(F)F.Cl. The number of rotatable bonds is 4. The highest BCUT2D eigenvalue weighted by atomic mass is 35.5. The number of thioether (sulfide) groups is 1. The Morgan fingerprint density at radius 1 is 1.38 bits per heavy atom. The predicted molar refractivity (Wildman–Crippen MR) is 93.8 cm³/mol. The quantitative estimate of drug-likeness (QED) is 0.786.